The zero-order chi connectivity index (χ0) is 29.3. The predicted octanol–water partition coefficient (Wildman–Crippen LogP) is 2.62. The Labute approximate surface area is 235 Å². The Balaban J connectivity index is 1.80. The average molecular weight is 551 g/mol. The number of rotatable bonds is 14. The smallest absolute Gasteiger partial charge is 0.242 e. The van der Waals surface area contributed by atoms with E-state index < -0.39 is 17.6 Å². The maximum atomic E-state index is 13.8. The number of carbonyl (C=O) groups is 3. The molecule has 2 amide bonds. The second-order valence-corrected chi connectivity index (χ2v) is 10.7. The number of nitrogens with zero attached hydrogens (tertiary/aromatic N) is 1. The summed E-state index contributed by atoms with van der Waals surface area (Å²) in [6.45, 7) is 3.60. The number of amides is 2. The first-order valence-electron chi connectivity index (χ1n) is 13.3. The van der Waals surface area contributed by atoms with Gasteiger partial charge in [0.2, 0.25) is 11.8 Å². The van der Waals surface area contributed by atoms with E-state index in [2.05, 4.69) is 10.6 Å². The van der Waals surface area contributed by atoms with Crippen molar-refractivity contribution >= 4 is 28.4 Å². The maximum Gasteiger partial charge on any atom is 0.242 e. The Bertz CT molecular complexity index is 1310. The highest BCUT2D eigenvalue weighted by atomic mass is 19.1. The van der Waals surface area contributed by atoms with E-state index in [-0.39, 0.29) is 49.6 Å². The van der Waals surface area contributed by atoms with Crippen LogP contribution in [0, 0.1) is 5.82 Å². The summed E-state index contributed by atoms with van der Waals surface area (Å²) in [5, 5.41) is 7.83. The number of ether oxygens (including phenoxy) is 1. The van der Waals surface area contributed by atoms with Crippen LogP contribution in [-0.2, 0) is 32.0 Å². The highest BCUT2D eigenvalue weighted by Gasteiger charge is 2.31. The van der Waals surface area contributed by atoms with Crippen molar-refractivity contribution in [3.8, 4) is 0 Å². The Hall–Kier alpha value is -3.66. The summed E-state index contributed by atoms with van der Waals surface area (Å²) in [6.07, 6.45) is 0.502. The van der Waals surface area contributed by atoms with Crippen molar-refractivity contribution in [2.45, 2.75) is 44.3 Å². The van der Waals surface area contributed by atoms with Gasteiger partial charge in [-0.15, -0.1) is 0 Å². The molecule has 0 saturated carbocycles. The van der Waals surface area contributed by atoms with Gasteiger partial charge in [-0.05, 0) is 54.3 Å². The molecule has 3 aromatic carbocycles. The SMILES string of the molecule is CNC(=O)C(Cc1ccc(F)cc1)N(C)C(=O)C(Cc1ccc2ccccc2c1)NCC(=O)COCC(C)(C)N. The van der Waals surface area contributed by atoms with Crippen LogP contribution >= 0.6 is 0 Å². The number of fused-ring (bicyclic) bond motifs is 1. The quantitative estimate of drug-likeness (QED) is 0.284. The number of hydrogen-bond acceptors (Lipinski definition) is 6. The fourth-order valence-corrected chi connectivity index (χ4v) is 4.38. The number of ketones is 1. The molecule has 3 aromatic rings. The topological polar surface area (TPSA) is 114 Å². The third-order valence-electron chi connectivity index (χ3n) is 6.54. The Morgan fingerprint density at radius 2 is 1.62 bits per heavy atom. The Morgan fingerprint density at radius 1 is 0.975 bits per heavy atom. The maximum absolute atomic E-state index is 13.8. The Morgan fingerprint density at radius 3 is 2.27 bits per heavy atom. The number of halogens is 1. The van der Waals surface area contributed by atoms with Gasteiger partial charge in [0, 0.05) is 26.1 Å². The molecule has 0 fully saturated rings. The average Bonchev–Trinajstić information content (AvgIpc) is 2.93. The van der Waals surface area contributed by atoms with Gasteiger partial charge in [-0.3, -0.25) is 19.7 Å². The van der Waals surface area contributed by atoms with E-state index in [9.17, 15) is 18.8 Å². The van der Waals surface area contributed by atoms with Gasteiger partial charge in [0.25, 0.3) is 0 Å². The van der Waals surface area contributed by atoms with Gasteiger partial charge >= 0.3 is 0 Å². The van der Waals surface area contributed by atoms with E-state index in [0.717, 1.165) is 16.3 Å². The van der Waals surface area contributed by atoms with Crippen molar-refractivity contribution in [1.29, 1.82) is 0 Å². The molecule has 3 rings (SSSR count). The molecule has 0 bridgehead atoms. The molecule has 0 aliphatic heterocycles. The van der Waals surface area contributed by atoms with Crippen molar-refractivity contribution in [2.24, 2.45) is 5.73 Å². The molecule has 0 heterocycles. The lowest BCUT2D eigenvalue weighted by Gasteiger charge is -2.31. The molecule has 0 aliphatic rings. The minimum absolute atomic E-state index is 0.0918. The number of likely N-dealkylation sites (N-methyl/N-ethyl adjacent to an activating group) is 2. The number of Topliss-reactive ketones (excluding diaryl/α,β-unsaturated/α-hetero) is 1. The fraction of sp³-hybridized carbons (Fsp3) is 0.387. The van der Waals surface area contributed by atoms with Gasteiger partial charge in [-0.1, -0.05) is 54.6 Å². The van der Waals surface area contributed by atoms with Gasteiger partial charge in [-0.25, -0.2) is 4.39 Å². The van der Waals surface area contributed by atoms with Crippen molar-refractivity contribution in [1.82, 2.24) is 15.5 Å². The van der Waals surface area contributed by atoms with Gasteiger partial charge in [0.05, 0.1) is 19.2 Å². The highest BCUT2D eigenvalue weighted by Crippen LogP contribution is 2.18. The number of nitrogens with two attached hydrogens (primary N) is 1. The second kappa shape index (κ2) is 14.1. The van der Waals surface area contributed by atoms with Gasteiger partial charge < -0.3 is 20.7 Å². The number of carbonyl (C=O) groups excluding carboxylic acids is 3. The Kier molecular flexibility index (Phi) is 10.9. The third kappa shape index (κ3) is 9.22. The van der Waals surface area contributed by atoms with E-state index in [4.69, 9.17) is 10.5 Å². The van der Waals surface area contributed by atoms with Crippen LogP contribution in [0.4, 0.5) is 4.39 Å². The first kappa shape index (κ1) is 30.9. The molecule has 2 unspecified atom stereocenters. The molecule has 4 N–H and O–H groups in total. The van der Waals surface area contributed by atoms with E-state index in [0.29, 0.717) is 12.0 Å². The molecular weight excluding hydrogens is 511 g/mol. The molecule has 214 valence electrons. The monoisotopic (exact) mass is 550 g/mol. The van der Waals surface area contributed by atoms with Crippen LogP contribution in [0.3, 0.4) is 0 Å². The molecule has 0 spiro atoms. The van der Waals surface area contributed by atoms with E-state index >= 15 is 0 Å². The summed E-state index contributed by atoms with van der Waals surface area (Å²) in [5.41, 5.74) is 6.97. The lowest BCUT2D eigenvalue weighted by atomic mass is 9.99. The van der Waals surface area contributed by atoms with E-state index in [1.165, 1.54) is 24.1 Å². The highest BCUT2D eigenvalue weighted by molar-refractivity contribution is 5.91. The third-order valence-corrected chi connectivity index (χ3v) is 6.54. The fourth-order valence-electron chi connectivity index (χ4n) is 4.38. The number of benzene rings is 3. The van der Waals surface area contributed by atoms with Crippen molar-refractivity contribution in [3.63, 3.8) is 0 Å². The first-order valence-corrected chi connectivity index (χ1v) is 13.3. The normalized spacial score (nSPS) is 13.1. The van der Waals surface area contributed by atoms with Gasteiger partial charge in [0.1, 0.15) is 18.5 Å². The molecular formula is C31H39FN4O4. The summed E-state index contributed by atoms with van der Waals surface area (Å²) >= 11 is 0. The second-order valence-electron chi connectivity index (χ2n) is 10.7. The van der Waals surface area contributed by atoms with Crippen LogP contribution in [-0.4, -0.2) is 74.0 Å². The largest absolute Gasteiger partial charge is 0.372 e. The van der Waals surface area contributed by atoms with Crippen molar-refractivity contribution in [3.05, 3.63) is 83.7 Å². The lowest BCUT2D eigenvalue weighted by Crippen LogP contribution is -2.55. The molecule has 0 radical (unpaired) electrons. The van der Waals surface area contributed by atoms with Gasteiger partial charge in [-0.2, -0.15) is 0 Å². The van der Waals surface area contributed by atoms with Crippen LogP contribution < -0.4 is 16.4 Å². The predicted molar refractivity (Wildman–Crippen MR) is 154 cm³/mol. The first-order chi connectivity index (χ1) is 19.0. The molecule has 40 heavy (non-hydrogen) atoms. The molecule has 0 aliphatic carbocycles. The summed E-state index contributed by atoms with van der Waals surface area (Å²) < 4.78 is 18.9. The van der Waals surface area contributed by atoms with E-state index in [1.807, 2.05) is 42.5 Å². The molecule has 0 saturated heterocycles. The lowest BCUT2D eigenvalue weighted by molar-refractivity contribution is -0.140. The van der Waals surface area contributed by atoms with Crippen LogP contribution in [0.5, 0.6) is 0 Å². The van der Waals surface area contributed by atoms with Crippen LogP contribution in [0.1, 0.15) is 25.0 Å². The molecule has 8 nitrogen and oxygen atoms in total. The summed E-state index contributed by atoms with van der Waals surface area (Å²) in [4.78, 5) is 40.6. The minimum atomic E-state index is -0.838. The zero-order valence-corrected chi connectivity index (χ0v) is 23.6. The van der Waals surface area contributed by atoms with Gasteiger partial charge in [0.15, 0.2) is 5.78 Å². The standard InChI is InChI=1S/C31H39FN4O4/c1-31(2,33)20-40-19-26(37)18-35-27(16-22-9-12-23-7-5-6-8-24(23)15-22)30(39)36(4)28(29(38)34-3)17-21-10-13-25(32)14-11-21/h5-15,27-28,35H,16-20,33H2,1-4H3,(H,34,38). The van der Waals surface area contributed by atoms with Crippen molar-refractivity contribution < 1.29 is 23.5 Å². The summed E-state index contributed by atoms with van der Waals surface area (Å²) in [6, 6.07) is 18.1. The van der Waals surface area contributed by atoms with Crippen LogP contribution in [0.2, 0.25) is 0 Å². The minimum Gasteiger partial charge on any atom is -0.372 e. The summed E-state index contributed by atoms with van der Waals surface area (Å²) in [5.74, 6) is -1.30. The number of hydrogen-bond donors (Lipinski definition) is 3. The van der Waals surface area contributed by atoms with Crippen LogP contribution in [0.15, 0.2) is 66.7 Å². The molecule has 0 aromatic heterocycles. The molecule has 2 atom stereocenters. The van der Waals surface area contributed by atoms with E-state index in [1.54, 1.807) is 33.0 Å². The summed E-state index contributed by atoms with van der Waals surface area (Å²) in [7, 11) is 3.07. The zero-order valence-electron chi connectivity index (χ0n) is 23.6. The molecule has 9 heteroatoms. The van der Waals surface area contributed by atoms with Crippen LogP contribution in [0.25, 0.3) is 10.8 Å². The van der Waals surface area contributed by atoms with Crippen molar-refractivity contribution in [2.75, 3.05) is 33.9 Å². The number of nitrogens with one attached hydrogen (secondary N) is 2.